The van der Waals surface area contributed by atoms with Crippen LogP contribution in [0.25, 0.3) is 0 Å². The third-order valence-electron chi connectivity index (χ3n) is 8.68. The van der Waals surface area contributed by atoms with Crippen LogP contribution in [0.15, 0.2) is 88.6 Å². The molecule has 3 aromatic carbocycles. The molecular formula is C36H42N2O9Si. The maximum absolute atomic E-state index is 13.7. The summed E-state index contributed by atoms with van der Waals surface area (Å²) >= 11 is 0. The van der Waals surface area contributed by atoms with Gasteiger partial charge in [-0.15, -0.1) is 0 Å². The Labute approximate surface area is 280 Å². The van der Waals surface area contributed by atoms with Gasteiger partial charge in [-0.25, -0.2) is 9.59 Å². The molecule has 12 heteroatoms. The van der Waals surface area contributed by atoms with E-state index in [0.29, 0.717) is 22.8 Å². The number of aryl methyl sites for hydroxylation is 1. The van der Waals surface area contributed by atoms with Gasteiger partial charge >= 0.3 is 11.7 Å². The van der Waals surface area contributed by atoms with Crippen LogP contribution in [-0.2, 0) is 13.9 Å². The van der Waals surface area contributed by atoms with Crippen LogP contribution in [0.1, 0.15) is 49.3 Å². The number of methoxy groups -OCH3 is 3. The molecule has 0 bridgehead atoms. The normalized spacial score (nSPS) is 17.9. The molecule has 0 spiro atoms. The van der Waals surface area contributed by atoms with Crippen molar-refractivity contribution in [3.8, 4) is 17.2 Å². The van der Waals surface area contributed by atoms with Gasteiger partial charge in [-0.2, -0.15) is 0 Å². The lowest BCUT2D eigenvalue weighted by Crippen LogP contribution is -2.67. The zero-order valence-corrected chi connectivity index (χ0v) is 29.3. The van der Waals surface area contributed by atoms with Gasteiger partial charge in [0.1, 0.15) is 18.4 Å². The second kappa shape index (κ2) is 14.2. The summed E-state index contributed by atoms with van der Waals surface area (Å²) in [6.07, 6.45) is -0.828. The van der Waals surface area contributed by atoms with Crippen molar-refractivity contribution in [3.63, 3.8) is 0 Å². The molecule has 4 aromatic rings. The van der Waals surface area contributed by atoms with Crippen molar-refractivity contribution in [1.29, 1.82) is 0 Å². The van der Waals surface area contributed by atoms with Gasteiger partial charge in [0.2, 0.25) is 5.75 Å². The lowest BCUT2D eigenvalue weighted by Gasteiger charge is -2.43. The minimum absolute atomic E-state index is 0.0636. The molecule has 2 heterocycles. The summed E-state index contributed by atoms with van der Waals surface area (Å²) in [5.74, 6) is 0.284. The van der Waals surface area contributed by atoms with E-state index in [1.165, 1.54) is 44.2 Å². The summed E-state index contributed by atoms with van der Waals surface area (Å²) in [5, 5.41) is 1.84. The molecule has 1 aliphatic heterocycles. The van der Waals surface area contributed by atoms with Crippen molar-refractivity contribution in [2.24, 2.45) is 0 Å². The largest absolute Gasteiger partial charge is 0.493 e. The first-order valence-corrected chi connectivity index (χ1v) is 17.6. The lowest BCUT2D eigenvalue weighted by molar-refractivity contribution is -0.0493. The average molecular weight is 675 g/mol. The monoisotopic (exact) mass is 674 g/mol. The predicted molar refractivity (Wildman–Crippen MR) is 183 cm³/mol. The number of carbonyl (C=O) groups is 1. The first kappa shape index (κ1) is 34.7. The molecule has 5 rings (SSSR count). The molecule has 1 aliphatic rings. The highest BCUT2D eigenvalue weighted by Crippen LogP contribution is 2.40. The third-order valence-corrected chi connectivity index (χ3v) is 13.7. The molecule has 0 amide bonds. The number of nitrogens with zero attached hydrogens (tertiary/aromatic N) is 1. The molecular weight excluding hydrogens is 632 g/mol. The summed E-state index contributed by atoms with van der Waals surface area (Å²) in [7, 11) is 1.40. The van der Waals surface area contributed by atoms with Gasteiger partial charge in [-0.05, 0) is 34.5 Å². The summed E-state index contributed by atoms with van der Waals surface area (Å²) < 4.78 is 37.4. The number of ether oxygens (including phenoxy) is 5. The molecule has 1 aromatic heterocycles. The van der Waals surface area contributed by atoms with Crippen LogP contribution in [0.3, 0.4) is 0 Å². The maximum Gasteiger partial charge on any atom is 0.338 e. The number of esters is 1. The van der Waals surface area contributed by atoms with Crippen molar-refractivity contribution in [2.45, 2.75) is 57.6 Å². The number of benzene rings is 3. The number of rotatable bonds is 11. The van der Waals surface area contributed by atoms with Gasteiger partial charge < -0.3 is 28.1 Å². The molecule has 1 saturated heterocycles. The zero-order chi connectivity index (χ0) is 34.6. The Hall–Kier alpha value is -4.65. The fourth-order valence-corrected chi connectivity index (χ4v) is 10.9. The third kappa shape index (κ3) is 6.68. The summed E-state index contributed by atoms with van der Waals surface area (Å²) in [6, 6.07) is 23.4. The number of carbonyl (C=O) groups excluding carboxylic acids is 1. The fourth-order valence-electron chi connectivity index (χ4n) is 6.32. The van der Waals surface area contributed by atoms with E-state index >= 15 is 0 Å². The van der Waals surface area contributed by atoms with E-state index in [-0.39, 0.29) is 23.6 Å². The number of H-pyrrole nitrogens is 1. The smallest absolute Gasteiger partial charge is 0.338 e. The van der Waals surface area contributed by atoms with E-state index in [2.05, 4.69) is 50.0 Å². The molecule has 11 nitrogen and oxygen atoms in total. The molecule has 1 N–H and O–H groups in total. The van der Waals surface area contributed by atoms with E-state index in [4.69, 9.17) is 28.1 Å². The van der Waals surface area contributed by atoms with Crippen molar-refractivity contribution < 1.29 is 32.9 Å². The van der Waals surface area contributed by atoms with E-state index in [1.54, 1.807) is 6.92 Å². The van der Waals surface area contributed by atoms with Crippen LogP contribution < -0.4 is 35.8 Å². The standard InChI is InChI=1S/C36H42N2O9Si/c1-23-21-38(35(41)37-33(23)39)31-20-27(47-34(40)24-18-28(42-5)32(44-7)29(19-24)43-6)30(46-31)22-45-48(36(2,3)4,25-14-10-8-11-15-25)26-16-12-9-13-17-26/h8-19,21,27,30-31H,20,22H2,1-7H3,(H,37,39,41)/t27-,30+,31?/m0/s1. The van der Waals surface area contributed by atoms with Crippen LogP contribution in [-0.4, -0.2) is 64.0 Å². The van der Waals surface area contributed by atoms with E-state index in [9.17, 15) is 14.4 Å². The van der Waals surface area contributed by atoms with E-state index in [0.717, 1.165) is 10.4 Å². The highest BCUT2D eigenvalue weighted by molar-refractivity contribution is 6.99. The van der Waals surface area contributed by atoms with Gasteiger partial charge in [-0.3, -0.25) is 14.3 Å². The van der Waals surface area contributed by atoms with Crippen LogP contribution in [0.4, 0.5) is 0 Å². The van der Waals surface area contributed by atoms with Crippen LogP contribution >= 0.6 is 0 Å². The summed E-state index contributed by atoms with van der Waals surface area (Å²) in [5.41, 5.74) is -0.585. The SMILES string of the molecule is COc1cc(C(=O)O[C@H]2CC(n3cc(C)c(=O)[nH]c3=O)O[C@@H]2CO[Si](c2ccccc2)(c2ccccc2)C(C)(C)C)cc(OC)c1OC. The number of hydrogen-bond acceptors (Lipinski definition) is 9. The molecule has 1 unspecified atom stereocenters. The fraction of sp³-hybridized carbons (Fsp3) is 0.361. The first-order valence-electron chi connectivity index (χ1n) is 15.7. The maximum atomic E-state index is 13.7. The van der Waals surface area contributed by atoms with Crippen LogP contribution in [0, 0.1) is 6.92 Å². The van der Waals surface area contributed by atoms with Crippen LogP contribution in [0.5, 0.6) is 17.2 Å². The van der Waals surface area contributed by atoms with Crippen molar-refractivity contribution in [2.75, 3.05) is 27.9 Å². The quantitative estimate of drug-likeness (QED) is 0.186. The van der Waals surface area contributed by atoms with Gasteiger partial charge in [0.25, 0.3) is 13.9 Å². The summed E-state index contributed by atoms with van der Waals surface area (Å²) in [4.78, 5) is 41.1. The predicted octanol–water partition coefficient (Wildman–Crippen LogP) is 3.96. The topological polar surface area (TPSA) is 127 Å². The minimum Gasteiger partial charge on any atom is -0.493 e. The first-order chi connectivity index (χ1) is 22.9. The highest BCUT2D eigenvalue weighted by Gasteiger charge is 2.51. The minimum atomic E-state index is -3.00. The number of aromatic nitrogens is 2. The Kier molecular flexibility index (Phi) is 10.3. The molecule has 0 aliphatic carbocycles. The average Bonchev–Trinajstić information content (AvgIpc) is 3.48. The van der Waals surface area contributed by atoms with Crippen LogP contribution in [0.2, 0.25) is 5.04 Å². The molecule has 0 saturated carbocycles. The highest BCUT2D eigenvalue weighted by atomic mass is 28.4. The molecule has 3 atom stereocenters. The molecule has 0 radical (unpaired) electrons. The van der Waals surface area contributed by atoms with Crippen molar-refractivity contribution in [1.82, 2.24) is 9.55 Å². The van der Waals surface area contributed by atoms with Gasteiger partial charge in [0.15, 0.2) is 11.5 Å². The molecule has 254 valence electrons. The van der Waals surface area contributed by atoms with Gasteiger partial charge in [0, 0.05) is 18.2 Å². The van der Waals surface area contributed by atoms with E-state index in [1.807, 2.05) is 36.4 Å². The number of nitrogens with one attached hydrogen (secondary N) is 1. The second-order valence-electron chi connectivity index (χ2n) is 12.7. The number of hydrogen-bond donors (Lipinski definition) is 1. The summed E-state index contributed by atoms with van der Waals surface area (Å²) in [6.45, 7) is 8.18. The second-order valence-corrected chi connectivity index (χ2v) is 17.0. The Balaban J connectivity index is 1.53. The van der Waals surface area contributed by atoms with Crippen molar-refractivity contribution in [3.05, 3.63) is 111 Å². The van der Waals surface area contributed by atoms with Gasteiger partial charge in [0.05, 0.1) is 33.5 Å². The Morgan fingerprint density at radius 1 is 0.917 bits per heavy atom. The number of aromatic amines is 1. The molecule has 1 fully saturated rings. The molecule has 48 heavy (non-hydrogen) atoms. The van der Waals surface area contributed by atoms with Crippen molar-refractivity contribution >= 4 is 24.7 Å². The zero-order valence-electron chi connectivity index (χ0n) is 28.3. The van der Waals surface area contributed by atoms with E-state index < -0.39 is 44.0 Å². The lowest BCUT2D eigenvalue weighted by atomic mass is 10.1. The van der Waals surface area contributed by atoms with Gasteiger partial charge in [-0.1, -0.05) is 81.4 Å². The Morgan fingerprint density at radius 2 is 1.48 bits per heavy atom. The Bertz CT molecular complexity index is 1790. The Morgan fingerprint density at radius 3 is 1.98 bits per heavy atom.